The number of pyridine rings is 1. The van der Waals surface area contributed by atoms with E-state index in [2.05, 4.69) is 10.3 Å². The number of amides is 1. The summed E-state index contributed by atoms with van der Waals surface area (Å²) in [4.78, 5) is 16.9. The van der Waals surface area contributed by atoms with Crippen LogP contribution in [0.15, 0.2) is 36.5 Å². The number of rotatable bonds is 2. The van der Waals surface area contributed by atoms with Crippen LogP contribution in [0.3, 0.4) is 0 Å². The number of hydrogen-bond donors (Lipinski definition) is 1. The Kier molecular flexibility index (Phi) is 3.67. The number of halogens is 1. The number of imidazole rings is 1. The van der Waals surface area contributed by atoms with Crippen LogP contribution in [0.1, 0.15) is 34.9 Å². The summed E-state index contributed by atoms with van der Waals surface area (Å²) in [6.45, 7) is 2.37. The molecule has 1 aliphatic rings. The standard InChI is InChI=1S/C19H18FN3O2/c1-11-5-6-23-17(7-11)22-15-10-21-18(24)9-14(19(15)23)13-8-12(20)3-4-16(13)25-2/h3-8,14H,9-10H2,1-2H3,(H,21,24)/t14-/m0/s1. The smallest absolute Gasteiger partial charge is 0.221 e. The van der Waals surface area contributed by atoms with Crippen molar-refractivity contribution in [2.24, 2.45) is 0 Å². The molecule has 0 unspecified atom stereocenters. The fourth-order valence-electron chi connectivity index (χ4n) is 3.48. The Morgan fingerprint density at radius 1 is 1.32 bits per heavy atom. The highest BCUT2D eigenvalue weighted by Crippen LogP contribution is 2.38. The molecule has 0 spiro atoms. The minimum Gasteiger partial charge on any atom is -0.496 e. The Bertz CT molecular complexity index is 980. The largest absolute Gasteiger partial charge is 0.496 e. The van der Waals surface area contributed by atoms with Gasteiger partial charge in [0.25, 0.3) is 0 Å². The Morgan fingerprint density at radius 3 is 2.96 bits per heavy atom. The molecule has 0 fully saturated rings. The molecule has 5 nitrogen and oxygen atoms in total. The van der Waals surface area contributed by atoms with Gasteiger partial charge in [-0.05, 0) is 42.8 Å². The van der Waals surface area contributed by atoms with Gasteiger partial charge in [-0.2, -0.15) is 0 Å². The minimum absolute atomic E-state index is 0.0878. The van der Waals surface area contributed by atoms with Gasteiger partial charge in [0.15, 0.2) is 0 Å². The van der Waals surface area contributed by atoms with Crippen molar-refractivity contribution in [2.75, 3.05) is 7.11 Å². The molecule has 1 aliphatic heterocycles. The van der Waals surface area contributed by atoms with E-state index in [1.54, 1.807) is 13.2 Å². The van der Waals surface area contributed by atoms with Crippen molar-refractivity contribution in [3.8, 4) is 5.75 Å². The number of fused-ring (bicyclic) bond motifs is 3. The lowest BCUT2D eigenvalue weighted by molar-refractivity contribution is -0.121. The van der Waals surface area contributed by atoms with Crippen LogP contribution in [0.4, 0.5) is 4.39 Å². The number of nitrogens with one attached hydrogen (secondary N) is 1. The van der Waals surface area contributed by atoms with Crippen LogP contribution < -0.4 is 10.1 Å². The SMILES string of the molecule is COc1ccc(F)cc1[C@@H]1CC(=O)NCc2nc3cc(C)ccn3c21. The highest BCUT2D eigenvalue weighted by atomic mass is 19.1. The Hall–Kier alpha value is -2.89. The van der Waals surface area contributed by atoms with E-state index in [4.69, 9.17) is 4.74 Å². The zero-order valence-corrected chi connectivity index (χ0v) is 14.0. The molecule has 0 saturated heterocycles. The van der Waals surface area contributed by atoms with Crippen LogP contribution in [0.25, 0.3) is 5.65 Å². The first-order valence-corrected chi connectivity index (χ1v) is 8.14. The van der Waals surface area contributed by atoms with Gasteiger partial charge in [-0.15, -0.1) is 0 Å². The van der Waals surface area contributed by atoms with Crippen molar-refractivity contribution in [3.63, 3.8) is 0 Å². The highest BCUT2D eigenvalue weighted by molar-refractivity contribution is 5.78. The second-order valence-electron chi connectivity index (χ2n) is 6.30. The molecule has 1 amide bonds. The summed E-state index contributed by atoms with van der Waals surface area (Å²) in [6, 6.07) is 8.39. The van der Waals surface area contributed by atoms with Crippen LogP contribution in [0, 0.1) is 12.7 Å². The zero-order valence-electron chi connectivity index (χ0n) is 14.0. The predicted octanol–water partition coefficient (Wildman–Crippen LogP) is 2.94. The third-order valence-corrected chi connectivity index (χ3v) is 4.63. The van der Waals surface area contributed by atoms with E-state index in [0.29, 0.717) is 17.9 Å². The highest BCUT2D eigenvalue weighted by Gasteiger charge is 2.30. The van der Waals surface area contributed by atoms with Crippen LogP contribution in [-0.4, -0.2) is 22.4 Å². The summed E-state index contributed by atoms with van der Waals surface area (Å²) >= 11 is 0. The maximum absolute atomic E-state index is 13.9. The van der Waals surface area contributed by atoms with Crippen molar-refractivity contribution in [2.45, 2.75) is 25.8 Å². The molecule has 128 valence electrons. The lowest BCUT2D eigenvalue weighted by Gasteiger charge is -2.19. The predicted molar refractivity (Wildman–Crippen MR) is 91.2 cm³/mol. The molecule has 0 bridgehead atoms. The van der Waals surface area contributed by atoms with E-state index in [1.165, 1.54) is 12.1 Å². The summed E-state index contributed by atoms with van der Waals surface area (Å²) in [6.07, 6.45) is 2.17. The second-order valence-corrected chi connectivity index (χ2v) is 6.30. The number of aromatic nitrogens is 2. The van der Waals surface area contributed by atoms with Crippen molar-refractivity contribution >= 4 is 11.6 Å². The van der Waals surface area contributed by atoms with Crippen LogP contribution in [0.5, 0.6) is 5.75 Å². The lowest BCUT2D eigenvalue weighted by atomic mass is 9.90. The van der Waals surface area contributed by atoms with Crippen LogP contribution in [-0.2, 0) is 11.3 Å². The summed E-state index contributed by atoms with van der Waals surface area (Å²) in [5.74, 6) is -0.211. The van der Waals surface area contributed by atoms with Crippen LogP contribution in [0.2, 0.25) is 0 Å². The van der Waals surface area contributed by atoms with Gasteiger partial charge in [-0.1, -0.05) is 0 Å². The molecule has 2 aromatic heterocycles. The zero-order chi connectivity index (χ0) is 17.6. The molecule has 0 radical (unpaired) electrons. The average molecular weight is 339 g/mol. The number of hydrogen-bond acceptors (Lipinski definition) is 3. The quantitative estimate of drug-likeness (QED) is 0.781. The molecule has 1 atom stereocenters. The molecule has 3 aromatic rings. The molecule has 6 heteroatoms. The Labute approximate surface area is 144 Å². The molecule has 4 rings (SSSR count). The number of ether oxygens (including phenoxy) is 1. The third-order valence-electron chi connectivity index (χ3n) is 4.63. The van der Waals surface area contributed by atoms with Gasteiger partial charge in [0.1, 0.15) is 17.2 Å². The fraction of sp³-hybridized carbons (Fsp3) is 0.263. The third kappa shape index (κ3) is 2.63. The fourth-order valence-corrected chi connectivity index (χ4v) is 3.48. The number of carbonyl (C=O) groups excluding carboxylic acids is 1. The van der Waals surface area contributed by atoms with E-state index >= 15 is 0 Å². The number of carbonyl (C=O) groups is 1. The molecule has 3 heterocycles. The number of nitrogens with zero attached hydrogens (tertiary/aromatic N) is 2. The van der Waals surface area contributed by atoms with E-state index in [0.717, 1.165) is 22.6 Å². The van der Waals surface area contributed by atoms with Crippen molar-refractivity contribution in [3.05, 3.63) is 64.9 Å². The van der Waals surface area contributed by atoms with E-state index in [9.17, 15) is 9.18 Å². The van der Waals surface area contributed by atoms with E-state index in [1.807, 2.05) is 29.7 Å². The Morgan fingerprint density at radius 2 is 2.16 bits per heavy atom. The normalized spacial score (nSPS) is 17.1. The monoisotopic (exact) mass is 339 g/mol. The molecule has 0 aliphatic carbocycles. The first-order chi connectivity index (χ1) is 12.1. The summed E-state index contributed by atoms with van der Waals surface area (Å²) in [5.41, 5.74) is 4.28. The molecule has 1 aromatic carbocycles. The first kappa shape index (κ1) is 15.6. The van der Waals surface area contributed by atoms with Crippen molar-refractivity contribution in [1.29, 1.82) is 0 Å². The van der Waals surface area contributed by atoms with E-state index in [-0.39, 0.29) is 24.1 Å². The number of benzene rings is 1. The minimum atomic E-state index is -0.355. The van der Waals surface area contributed by atoms with Gasteiger partial charge in [-0.25, -0.2) is 9.37 Å². The topological polar surface area (TPSA) is 55.6 Å². The van der Waals surface area contributed by atoms with E-state index < -0.39 is 0 Å². The van der Waals surface area contributed by atoms with Gasteiger partial charge in [0.2, 0.25) is 5.91 Å². The van der Waals surface area contributed by atoms with Gasteiger partial charge >= 0.3 is 0 Å². The summed E-state index contributed by atoms with van der Waals surface area (Å²) in [5, 5.41) is 2.88. The number of methoxy groups -OCH3 is 1. The lowest BCUT2D eigenvalue weighted by Crippen LogP contribution is -2.21. The summed E-state index contributed by atoms with van der Waals surface area (Å²) < 4.78 is 21.3. The summed E-state index contributed by atoms with van der Waals surface area (Å²) in [7, 11) is 1.55. The Balaban J connectivity index is 1.98. The maximum atomic E-state index is 13.9. The second kappa shape index (κ2) is 5.88. The van der Waals surface area contributed by atoms with Crippen LogP contribution >= 0.6 is 0 Å². The first-order valence-electron chi connectivity index (χ1n) is 8.14. The maximum Gasteiger partial charge on any atom is 0.221 e. The van der Waals surface area contributed by atoms with Gasteiger partial charge in [0, 0.05) is 24.1 Å². The van der Waals surface area contributed by atoms with Crippen molar-refractivity contribution < 1.29 is 13.9 Å². The molecular weight excluding hydrogens is 321 g/mol. The average Bonchev–Trinajstić information content (AvgIpc) is 2.86. The molecule has 1 N–H and O–H groups in total. The number of aryl methyl sites for hydroxylation is 1. The van der Waals surface area contributed by atoms with Gasteiger partial charge < -0.3 is 14.5 Å². The molecule has 25 heavy (non-hydrogen) atoms. The van der Waals surface area contributed by atoms with Crippen molar-refractivity contribution in [1.82, 2.24) is 14.7 Å². The molecular formula is C19H18FN3O2. The van der Waals surface area contributed by atoms with Gasteiger partial charge in [0.05, 0.1) is 25.0 Å². The molecule has 0 saturated carbocycles. The van der Waals surface area contributed by atoms with Gasteiger partial charge in [-0.3, -0.25) is 4.79 Å².